The Balaban J connectivity index is 2.13. The second kappa shape index (κ2) is 5.66. The molecule has 2 aliphatic heterocycles. The molecule has 2 heterocycles. The summed E-state index contributed by atoms with van der Waals surface area (Å²) in [4.78, 5) is 39.0. The molecule has 4 atom stereocenters. The Labute approximate surface area is 139 Å². The summed E-state index contributed by atoms with van der Waals surface area (Å²) in [6.07, 6.45) is 0. The number of carbonyl (C=O) groups excluding carboxylic acids is 3. The lowest BCUT2D eigenvalue weighted by atomic mass is 9.80. The molecule has 0 radical (unpaired) electrons. The molecule has 0 aromatic heterocycles. The standard InChI is InChI=1S/C17H19FN2O4/c1-4-20-14(21)11-12(15(20)22)17(2,16(23)24-3)19-13(11)9-7-5-6-8-10(9)18/h5-8,11-13,19H,4H2,1-3H3/p+1/t11-,12+,13-,17-/m1/s1. The molecule has 0 saturated carbocycles. The lowest BCUT2D eigenvalue weighted by Gasteiger charge is -2.25. The van der Waals surface area contributed by atoms with Gasteiger partial charge in [-0.25, -0.2) is 9.18 Å². The van der Waals surface area contributed by atoms with Crippen molar-refractivity contribution in [2.24, 2.45) is 11.8 Å². The van der Waals surface area contributed by atoms with Gasteiger partial charge in [0.25, 0.3) is 0 Å². The van der Waals surface area contributed by atoms with Crippen molar-refractivity contribution in [3.8, 4) is 0 Å². The molecule has 2 saturated heterocycles. The molecule has 1 aromatic carbocycles. The summed E-state index contributed by atoms with van der Waals surface area (Å²) in [5.74, 6) is -3.43. The molecule has 2 amide bonds. The minimum atomic E-state index is -1.26. The van der Waals surface area contributed by atoms with Gasteiger partial charge >= 0.3 is 5.97 Å². The van der Waals surface area contributed by atoms with Crippen LogP contribution < -0.4 is 5.32 Å². The quantitative estimate of drug-likeness (QED) is 0.623. The number of imide groups is 1. The Morgan fingerprint density at radius 3 is 2.58 bits per heavy atom. The van der Waals surface area contributed by atoms with Gasteiger partial charge in [0.15, 0.2) is 0 Å². The highest BCUT2D eigenvalue weighted by atomic mass is 19.1. The fraction of sp³-hybridized carbons (Fsp3) is 0.471. The molecule has 2 N–H and O–H groups in total. The van der Waals surface area contributed by atoms with Gasteiger partial charge in [-0.1, -0.05) is 18.2 Å². The lowest BCUT2D eigenvalue weighted by molar-refractivity contribution is -0.731. The van der Waals surface area contributed by atoms with Crippen LogP contribution in [-0.4, -0.2) is 41.9 Å². The minimum Gasteiger partial charge on any atom is -0.464 e. The molecule has 0 aliphatic carbocycles. The zero-order valence-corrected chi connectivity index (χ0v) is 13.8. The molecule has 6 nitrogen and oxygen atoms in total. The molecular formula is C17H20FN2O4+. The second-order valence-corrected chi connectivity index (χ2v) is 6.41. The molecule has 2 fully saturated rings. The normalized spacial score (nSPS) is 32.2. The average Bonchev–Trinajstić information content (AvgIpc) is 3.02. The zero-order valence-electron chi connectivity index (χ0n) is 13.8. The van der Waals surface area contributed by atoms with Crippen LogP contribution in [0.2, 0.25) is 0 Å². The average molecular weight is 335 g/mol. The van der Waals surface area contributed by atoms with Crippen LogP contribution in [-0.2, 0) is 19.1 Å². The van der Waals surface area contributed by atoms with Crippen molar-refractivity contribution in [1.29, 1.82) is 0 Å². The summed E-state index contributed by atoms with van der Waals surface area (Å²) in [6.45, 7) is 3.52. The third-order valence-electron chi connectivity index (χ3n) is 5.21. The first kappa shape index (κ1) is 16.6. The third kappa shape index (κ3) is 2.07. The van der Waals surface area contributed by atoms with E-state index < -0.39 is 41.1 Å². The third-order valence-corrected chi connectivity index (χ3v) is 5.21. The highest BCUT2D eigenvalue weighted by Crippen LogP contribution is 2.44. The molecule has 0 unspecified atom stereocenters. The number of ether oxygens (including phenoxy) is 1. The van der Waals surface area contributed by atoms with E-state index in [1.807, 2.05) is 0 Å². The summed E-state index contributed by atoms with van der Waals surface area (Å²) in [5, 5.41) is 1.61. The van der Waals surface area contributed by atoms with Crippen molar-refractivity contribution < 1.29 is 28.8 Å². The number of esters is 1. The Morgan fingerprint density at radius 2 is 2.00 bits per heavy atom. The monoisotopic (exact) mass is 335 g/mol. The number of amides is 2. The Kier molecular flexibility index (Phi) is 3.91. The van der Waals surface area contributed by atoms with E-state index >= 15 is 0 Å². The number of benzene rings is 1. The molecule has 0 spiro atoms. The molecule has 3 rings (SSSR count). The van der Waals surface area contributed by atoms with Crippen molar-refractivity contribution >= 4 is 17.8 Å². The van der Waals surface area contributed by atoms with E-state index in [2.05, 4.69) is 0 Å². The molecular weight excluding hydrogens is 315 g/mol. The number of halogens is 1. The fourth-order valence-electron chi connectivity index (χ4n) is 4.08. The first-order valence-corrected chi connectivity index (χ1v) is 7.91. The molecule has 24 heavy (non-hydrogen) atoms. The number of nitrogens with zero attached hydrogens (tertiary/aromatic N) is 1. The Hall–Kier alpha value is -2.28. The summed E-state index contributed by atoms with van der Waals surface area (Å²) < 4.78 is 19.2. The second-order valence-electron chi connectivity index (χ2n) is 6.41. The van der Waals surface area contributed by atoms with Crippen LogP contribution in [0.15, 0.2) is 24.3 Å². The number of nitrogens with two attached hydrogens (primary N) is 1. The number of likely N-dealkylation sites (tertiary alicyclic amines) is 1. The Morgan fingerprint density at radius 1 is 1.33 bits per heavy atom. The fourth-order valence-corrected chi connectivity index (χ4v) is 4.08. The van der Waals surface area contributed by atoms with Crippen molar-refractivity contribution in [2.45, 2.75) is 25.4 Å². The lowest BCUT2D eigenvalue weighted by Crippen LogP contribution is -2.97. The zero-order chi connectivity index (χ0) is 17.6. The van der Waals surface area contributed by atoms with Crippen LogP contribution in [0.4, 0.5) is 4.39 Å². The smallest absolute Gasteiger partial charge is 0.368 e. The predicted octanol–water partition coefficient (Wildman–Crippen LogP) is -0.00340. The van der Waals surface area contributed by atoms with Gasteiger partial charge in [-0.2, -0.15) is 0 Å². The van der Waals surface area contributed by atoms with Gasteiger partial charge in [-0.3, -0.25) is 14.5 Å². The van der Waals surface area contributed by atoms with Crippen LogP contribution in [0.5, 0.6) is 0 Å². The van der Waals surface area contributed by atoms with Gasteiger partial charge in [0.05, 0.1) is 7.11 Å². The SMILES string of the molecule is CCN1C(=O)[C@H]2[C@@H](c3ccccc3F)[NH2+][C@@](C)(C(=O)OC)[C@@H]2C1=O. The van der Waals surface area contributed by atoms with Crippen molar-refractivity contribution in [1.82, 2.24) is 4.90 Å². The van der Waals surface area contributed by atoms with E-state index in [1.54, 1.807) is 37.4 Å². The van der Waals surface area contributed by atoms with E-state index in [4.69, 9.17) is 4.74 Å². The number of quaternary nitrogens is 1. The van der Waals surface area contributed by atoms with E-state index in [1.165, 1.54) is 13.2 Å². The summed E-state index contributed by atoms with van der Waals surface area (Å²) in [7, 11) is 1.24. The van der Waals surface area contributed by atoms with E-state index in [0.717, 1.165) is 4.90 Å². The maximum Gasteiger partial charge on any atom is 0.368 e. The van der Waals surface area contributed by atoms with Crippen molar-refractivity contribution in [3.05, 3.63) is 35.6 Å². The number of hydrogen-bond donors (Lipinski definition) is 1. The molecule has 2 aliphatic rings. The van der Waals surface area contributed by atoms with Crippen LogP contribution in [0.1, 0.15) is 25.5 Å². The maximum absolute atomic E-state index is 14.3. The number of carbonyl (C=O) groups is 3. The Bertz CT molecular complexity index is 722. The highest BCUT2D eigenvalue weighted by molar-refractivity contribution is 6.08. The van der Waals surface area contributed by atoms with Crippen molar-refractivity contribution in [2.75, 3.05) is 13.7 Å². The largest absolute Gasteiger partial charge is 0.464 e. The van der Waals surface area contributed by atoms with Gasteiger partial charge in [-0.15, -0.1) is 0 Å². The molecule has 0 bridgehead atoms. The topological polar surface area (TPSA) is 80.3 Å². The van der Waals surface area contributed by atoms with Gasteiger partial charge in [0, 0.05) is 19.0 Å². The van der Waals surface area contributed by atoms with Crippen LogP contribution in [0.25, 0.3) is 0 Å². The number of methoxy groups -OCH3 is 1. The van der Waals surface area contributed by atoms with Gasteiger partial charge in [0.2, 0.25) is 17.4 Å². The predicted molar refractivity (Wildman–Crippen MR) is 80.9 cm³/mol. The molecule has 7 heteroatoms. The maximum atomic E-state index is 14.3. The van der Waals surface area contributed by atoms with Crippen LogP contribution >= 0.6 is 0 Å². The first-order valence-electron chi connectivity index (χ1n) is 7.91. The van der Waals surface area contributed by atoms with E-state index in [-0.39, 0.29) is 12.5 Å². The highest BCUT2D eigenvalue weighted by Gasteiger charge is 2.70. The number of fused-ring (bicyclic) bond motifs is 1. The summed E-state index contributed by atoms with van der Waals surface area (Å²) >= 11 is 0. The summed E-state index contributed by atoms with van der Waals surface area (Å²) in [6, 6.07) is 5.49. The first-order chi connectivity index (χ1) is 11.4. The van der Waals surface area contributed by atoms with Gasteiger partial charge in [-0.05, 0) is 13.0 Å². The summed E-state index contributed by atoms with van der Waals surface area (Å²) in [5.41, 5.74) is -0.942. The minimum absolute atomic E-state index is 0.228. The molecule has 128 valence electrons. The molecule has 1 aromatic rings. The van der Waals surface area contributed by atoms with E-state index in [0.29, 0.717) is 5.56 Å². The van der Waals surface area contributed by atoms with Gasteiger partial charge < -0.3 is 10.1 Å². The number of hydrogen-bond acceptors (Lipinski definition) is 4. The van der Waals surface area contributed by atoms with Crippen molar-refractivity contribution in [3.63, 3.8) is 0 Å². The van der Waals surface area contributed by atoms with E-state index in [9.17, 15) is 18.8 Å². The van der Waals surface area contributed by atoms with Crippen LogP contribution in [0, 0.1) is 17.7 Å². The van der Waals surface area contributed by atoms with Gasteiger partial charge in [0.1, 0.15) is 23.7 Å². The number of rotatable bonds is 3. The van der Waals surface area contributed by atoms with Crippen LogP contribution in [0.3, 0.4) is 0 Å².